The smallest absolute Gasteiger partial charge is 0.162 e. The first-order chi connectivity index (χ1) is 10.3. The largest absolute Gasteiger partial charge is 0.486 e. The van der Waals surface area contributed by atoms with Gasteiger partial charge in [0.15, 0.2) is 21.3 Å². The van der Waals surface area contributed by atoms with Crippen LogP contribution in [0.3, 0.4) is 0 Å². The van der Waals surface area contributed by atoms with Crippen LogP contribution in [0.15, 0.2) is 12.1 Å². The van der Waals surface area contributed by atoms with Crippen LogP contribution in [-0.4, -0.2) is 39.1 Å². The highest BCUT2D eigenvalue weighted by Crippen LogP contribution is 2.37. The quantitative estimate of drug-likeness (QED) is 0.841. The Hall–Kier alpha value is -0.980. The highest BCUT2D eigenvalue weighted by atomic mass is 35.5. The molecule has 1 atom stereocenters. The normalized spacial score (nSPS) is 23.5. The Bertz CT molecular complexity index is 683. The maximum Gasteiger partial charge on any atom is 0.162 e. The fourth-order valence-corrected chi connectivity index (χ4v) is 4.91. The molecule has 0 amide bonds. The molecule has 122 valence electrons. The molecule has 1 aromatic rings. The van der Waals surface area contributed by atoms with Crippen molar-refractivity contribution in [1.82, 2.24) is 0 Å². The number of rotatable bonds is 3. The average molecular weight is 347 g/mol. The maximum atomic E-state index is 12.6. The van der Waals surface area contributed by atoms with Crippen LogP contribution in [-0.2, 0) is 20.3 Å². The molecule has 1 saturated heterocycles. The van der Waals surface area contributed by atoms with Gasteiger partial charge < -0.3 is 14.2 Å². The van der Waals surface area contributed by atoms with E-state index in [4.69, 9.17) is 25.8 Å². The number of ether oxygens (including phenoxy) is 3. The first-order valence-corrected chi connectivity index (χ1v) is 9.30. The summed E-state index contributed by atoms with van der Waals surface area (Å²) in [4.78, 5) is 0. The van der Waals surface area contributed by atoms with E-state index >= 15 is 0 Å². The molecular formula is C15H19ClO5S. The van der Waals surface area contributed by atoms with Crippen molar-refractivity contribution in [2.75, 3.05) is 19.8 Å². The topological polar surface area (TPSA) is 61.8 Å². The minimum atomic E-state index is -3.34. The molecular weight excluding hydrogens is 328 g/mol. The van der Waals surface area contributed by atoms with E-state index in [1.54, 1.807) is 12.1 Å². The van der Waals surface area contributed by atoms with Crippen LogP contribution < -0.4 is 9.47 Å². The van der Waals surface area contributed by atoms with Crippen LogP contribution in [0.5, 0.6) is 11.5 Å². The number of fused-ring (bicyclic) bond motifs is 1. The van der Waals surface area contributed by atoms with E-state index in [9.17, 15) is 8.42 Å². The lowest BCUT2D eigenvalue weighted by molar-refractivity contribution is 0.0368. The molecule has 0 bridgehead atoms. The maximum absolute atomic E-state index is 12.6. The standard InChI is InChI=1S/C15H19ClO5S/c1-15(2)7-11(8-21-15)22(17,18)9-10-5-13-14(6-12(10)16)20-4-3-19-13/h5-6,11H,3-4,7-9H2,1-2H3. The molecule has 1 unspecified atom stereocenters. The van der Waals surface area contributed by atoms with Crippen molar-refractivity contribution in [3.05, 3.63) is 22.7 Å². The second-order valence-corrected chi connectivity index (χ2v) is 8.98. The minimum absolute atomic E-state index is 0.118. The van der Waals surface area contributed by atoms with E-state index in [0.29, 0.717) is 41.7 Å². The molecule has 0 aliphatic carbocycles. The van der Waals surface area contributed by atoms with Crippen LogP contribution in [0.1, 0.15) is 25.8 Å². The summed E-state index contributed by atoms with van der Waals surface area (Å²) >= 11 is 6.20. The summed E-state index contributed by atoms with van der Waals surface area (Å²) in [6.07, 6.45) is 0.498. The van der Waals surface area contributed by atoms with Crippen molar-refractivity contribution in [3.8, 4) is 11.5 Å². The van der Waals surface area contributed by atoms with Crippen LogP contribution in [0.4, 0.5) is 0 Å². The van der Waals surface area contributed by atoms with Gasteiger partial charge in [-0.3, -0.25) is 0 Å². The summed E-state index contributed by atoms with van der Waals surface area (Å²) in [5.74, 6) is 0.985. The van der Waals surface area contributed by atoms with Gasteiger partial charge >= 0.3 is 0 Å². The highest BCUT2D eigenvalue weighted by molar-refractivity contribution is 7.91. The lowest BCUT2D eigenvalue weighted by atomic mass is 10.1. The van der Waals surface area contributed by atoms with Gasteiger partial charge in [0.1, 0.15) is 13.2 Å². The SMILES string of the molecule is CC1(C)CC(S(=O)(=O)Cc2cc3c(cc2Cl)OCCO3)CO1. The van der Waals surface area contributed by atoms with E-state index in [2.05, 4.69) is 0 Å². The third-order valence-corrected chi connectivity index (χ3v) is 6.34. The van der Waals surface area contributed by atoms with Crippen molar-refractivity contribution in [3.63, 3.8) is 0 Å². The lowest BCUT2D eigenvalue weighted by Gasteiger charge is -2.20. The second kappa shape index (κ2) is 5.58. The molecule has 1 aromatic carbocycles. The van der Waals surface area contributed by atoms with Crippen molar-refractivity contribution < 1.29 is 22.6 Å². The molecule has 22 heavy (non-hydrogen) atoms. The second-order valence-electron chi connectivity index (χ2n) is 6.29. The first kappa shape index (κ1) is 15.9. The van der Waals surface area contributed by atoms with Gasteiger partial charge in [-0.15, -0.1) is 0 Å². The third-order valence-electron chi connectivity index (χ3n) is 3.95. The first-order valence-electron chi connectivity index (χ1n) is 7.20. The Morgan fingerprint density at radius 2 is 1.86 bits per heavy atom. The van der Waals surface area contributed by atoms with Crippen molar-refractivity contribution >= 4 is 21.4 Å². The van der Waals surface area contributed by atoms with Gasteiger partial charge in [0, 0.05) is 11.1 Å². The van der Waals surface area contributed by atoms with Crippen molar-refractivity contribution in [1.29, 1.82) is 0 Å². The summed E-state index contributed by atoms with van der Waals surface area (Å²) in [6.45, 7) is 4.96. The Kier molecular flexibility index (Phi) is 4.03. The van der Waals surface area contributed by atoms with Crippen LogP contribution in [0.2, 0.25) is 5.02 Å². The molecule has 0 radical (unpaired) electrons. The minimum Gasteiger partial charge on any atom is -0.486 e. The fourth-order valence-electron chi connectivity index (χ4n) is 2.77. The third kappa shape index (κ3) is 3.19. The van der Waals surface area contributed by atoms with Gasteiger partial charge in [-0.2, -0.15) is 0 Å². The van der Waals surface area contributed by atoms with E-state index in [0.717, 1.165) is 0 Å². The monoisotopic (exact) mass is 346 g/mol. The van der Waals surface area contributed by atoms with Gasteiger partial charge in [-0.05, 0) is 31.9 Å². The number of hydrogen-bond donors (Lipinski definition) is 0. The molecule has 2 aliphatic rings. The molecule has 5 nitrogen and oxygen atoms in total. The van der Waals surface area contributed by atoms with E-state index in [1.807, 2.05) is 13.8 Å². The summed E-state index contributed by atoms with van der Waals surface area (Å²) < 4.78 is 41.7. The van der Waals surface area contributed by atoms with Gasteiger partial charge in [-0.25, -0.2) is 8.42 Å². The zero-order valence-corrected chi connectivity index (χ0v) is 14.2. The van der Waals surface area contributed by atoms with E-state index in [-0.39, 0.29) is 12.4 Å². The Morgan fingerprint density at radius 1 is 1.23 bits per heavy atom. The van der Waals surface area contributed by atoms with Gasteiger partial charge in [-0.1, -0.05) is 11.6 Å². The fraction of sp³-hybridized carbons (Fsp3) is 0.600. The van der Waals surface area contributed by atoms with Gasteiger partial charge in [0.25, 0.3) is 0 Å². The molecule has 0 aromatic heterocycles. The Balaban J connectivity index is 1.83. The molecule has 0 saturated carbocycles. The van der Waals surface area contributed by atoms with E-state index < -0.39 is 20.7 Å². The molecule has 2 aliphatic heterocycles. The van der Waals surface area contributed by atoms with Gasteiger partial charge in [0.2, 0.25) is 0 Å². The van der Waals surface area contributed by atoms with Crippen molar-refractivity contribution in [2.45, 2.75) is 36.9 Å². The number of hydrogen-bond acceptors (Lipinski definition) is 5. The summed E-state index contributed by atoms with van der Waals surface area (Å²) in [6, 6.07) is 3.28. The molecule has 0 N–H and O–H groups in total. The van der Waals surface area contributed by atoms with Gasteiger partial charge in [0.05, 0.1) is 23.2 Å². The summed E-state index contributed by atoms with van der Waals surface area (Å²) in [5.41, 5.74) is 0.143. The number of halogens is 1. The summed E-state index contributed by atoms with van der Waals surface area (Å²) in [7, 11) is -3.34. The molecule has 2 heterocycles. The predicted octanol–water partition coefficient (Wildman–Crippen LogP) is 2.59. The predicted molar refractivity (Wildman–Crippen MR) is 83.5 cm³/mol. The van der Waals surface area contributed by atoms with Crippen LogP contribution in [0.25, 0.3) is 0 Å². The van der Waals surface area contributed by atoms with E-state index in [1.165, 1.54) is 0 Å². The zero-order valence-electron chi connectivity index (χ0n) is 12.6. The molecule has 7 heteroatoms. The number of sulfone groups is 1. The highest BCUT2D eigenvalue weighted by Gasteiger charge is 2.39. The Morgan fingerprint density at radius 3 is 2.45 bits per heavy atom. The molecule has 0 spiro atoms. The average Bonchev–Trinajstić information content (AvgIpc) is 2.80. The van der Waals surface area contributed by atoms with Crippen LogP contribution in [0, 0.1) is 0 Å². The van der Waals surface area contributed by atoms with Crippen molar-refractivity contribution in [2.24, 2.45) is 0 Å². The van der Waals surface area contributed by atoms with Crippen LogP contribution >= 0.6 is 11.6 Å². The lowest BCUT2D eigenvalue weighted by Crippen LogP contribution is -2.25. The Labute approximate surface area is 135 Å². The zero-order chi connectivity index (χ0) is 16.0. The molecule has 3 rings (SSSR count). The molecule has 1 fully saturated rings. The summed E-state index contributed by atoms with van der Waals surface area (Å²) in [5, 5.41) is -0.113. The number of benzene rings is 1.